The molecule has 0 saturated heterocycles. The number of halogens is 3. The summed E-state index contributed by atoms with van der Waals surface area (Å²) in [6.45, 7) is 0.606. The Morgan fingerprint density at radius 2 is 1.81 bits per heavy atom. The van der Waals surface area contributed by atoms with Crippen molar-refractivity contribution in [2.75, 3.05) is 12.4 Å². The van der Waals surface area contributed by atoms with Crippen LogP contribution in [0, 0.1) is 11.6 Å². The van der Waals surface area contributed by atoms with Crippen molar-refractivity contribution in [3.05, 3.63) is 71.3 Å². The molecule has 0 N–H and O–H groups in total. The van der Waals surface area contributed by atoms with Crippen LogP contribution >= 0.6 is 11.6 Å². The number of nitrogens with zero attached hydrogens (tertiary/aromatic N) is 1. The minimum absolute atomic E-state index is 0.155. The first-order valence-electron chi connectivity index (χ1n) is 6.46. The highest BCUT2D eigenvalue weighted by Gasteiger charge is 2.19. The molecule has 0 unspecified atom stereocenters. The van der Waals surface area contributed by atoms with Crippen LogP contribution in [-0.4, -0.2) is 23.2 Å². The molecule has 0 fully saturated rings. The molecule has 110 valence electrons. The fraction of sp³-hybridized carbons (Fsp3) is 0.188. The highest BCUT2D eigenvalue weighted by Crippen LogP contribution is 2.14. The van der Waals surface area contributed by atoms with Gasteiger partial charge in [-0.15, -0.1) is 11.6 Å². The Kier molecular flexibility index (Phi) is 5.28. The maximum absolute atomic E-state index is 13.7. The van der Waals surface area contributed by atoms with Crippen LogP contribution in [0.1, 0.15) is 15.9 Å². The van der Waals surface area contributed by atoms with Crippen LogP contribution in [0.3, 0.4) is 0 Å². The summed E-state index contributed by atoms with van der Waals surface area (Å²) >= 11 is 5.71. The van der Waals surface area contributed by atoms with Gasteiger partial charge < -0.3 is 4.90 Å². The minimum Gasteiger partial charge on any atom is -0.333 e. The molecule has 0 radical (unpaired) electrons. The van der Waals surface area contributed by atoms with Gasteiger partial charge in [0.25, 0.3) is 5.91 Å². The molecule has 5 heteroatoms. The van der Waals surface area contributed by atoms with E-state index in [2.05, 4.69) is 0 Å². The third-order valence-electron chi connectivity index (χ3n) is 3.02. The smallest absolute Gasteiger partial charge is 0.257 e. The van der Waals surface area contributed by atoms with Gasteiger partial charge in [0.1, 0.15) is 11.6 Å². The summed E-state index contributed by atoms with van der Waals surface area (Å²) in [5.74, 6) is -1.85. The summed E-state index contributed by atoms with van der Waals surface area (Å²) in [6.07, 6.45) is 0. The van der Waals surface area contributed by atoms with E-state index in [1.54, 1.807) is 0 Å². The highest BCUT2D eigenvalue weighted by molar-refractivity contribution is 6.18. The summed E-state index contributed by atoms with van der Waals surface area (Å²) in [5.41, 5.74) is 0.760. The standard InChI is InChI=1S/C16H14ClF2NO/c17-8-9-20(11-12-4-2-1-3-5-12)16(21)14-7-6-13(18)10-15(14)19/h1-7,10H,8-9,11H2. The molecule has 0 spiro atoms. The molecule has 0 aliphatic heterocycles. The van der Waals surface area contributed by atoms with Crippen LogP contribution in [0.4, 0.5) is 8.78 Å². The van der Waals surface area contributed by atoms with E-state index < -0.39 is 17.5 Å². The molecule has 2 aromatic carbocycles. The first kappa shape index (κ1) is 15.4. The topological polar surface area (TPSA) is 20.3 Å². The van der Waals surface area contributed by atoms with Crippen LogP contribution in [-0.2, 0) is 6.54 Å². The molecule has 1 amide bonds. The van der Waals surface area contributed by atoms with E-state index in [1.807, 2.05) is 30.3 Å². The molecule has 0 aromatic heterocycles. The Bertz CT molecular complexity index is 619. The van der Waals surface area contributed by atoms with Crippen molar-refractivity contribution < 1.29 is 13.6 Å². The number of carbonyl (C=O) groups is 1. The lowest BCUT2D eigenvalue weighted by atomic mass is 10.1. The van der Waals surface area contributed by atoms with Gasteiger partial charge in [-0.2, -0.15) is 0 Å². The van der Waals surface area contributed by atoms with Crippen molar-refractivity contribution in [3.63, 3.8) is 0 Å². The number of hydrogen-bond acceptors (Lipinski definition) is 1. The Labute approximate surface area is 127 Å². The molecule has 0 bridgehead atoms. The number of alkyl halides is 1. The normalized spacial score (nSPS) is 10.4. The Morgan fingerprint density at radius 1 is 1.10 bits per heavy atom. The quantitative estimate of drug-likeness (QED) is 0.768. The molecule has 2 nitrogen and oxygen atoms in total. The Balaban J connectivity index is 2.23. The van der Waals surface area contributed by atoms with Gasteiger partial charge in [0.2, 0.25) is 0 Å². The summed E-state index contributed by atoms with van der Waals surface area (Å²) in [6, 6.07) is 12.3. The zero-order valence-electron chi connectivity index (χ0n) is 11.2. The van der Waals surface area contributed by atoms with Gasteiger partial charge >= 0.3 is 0 Å². The van der Waals surface area contributed by atoms with Crippen molar-refractivity contribution in [1.29, 1.82) is 0 Å². The summed E-state index contributed by atoms with van der Waals surface area (Å²) < 4.78 is 26.6. The second kappa shape index (κ2) is 7.18. The lowest BCUT2D eigenvalue weighted by molar-refractivity contribution is 0.0749. The van der Waals surface area contributed by atoms with Crippen molar-refractivity contribution >= 4 is 17.5 Å². The molecule has 21 heavy (non-hydrogen) atoms. The first-order chi connectivity index (χ1) is 10.1. The average molecular weight is 310 g/mol. The largest absolute Gasteiger partial charge is 0.333 e. The van der Waals surface area contributed by atoms with Crippen molar-refractivity contribution in [2.24, 2.45) is 0 Å². The van der Waals surface area contributed by atoms with E-state index in [0.717, 1.165) is 17.7 Å². The molecule has 2 rings (SSSR count). The second-order valence-corrected chi connectivity index (χ2v) is 4.90. The lowest BCUT2D eigenvalue weighted by Crippen LogP contribution is -2.33. The molecular formula is C16H14ClF2NO. The minimum atomic E-state index is -0.868. The van der Waals surface area contributed by atoms with E-state index in [4.69, 9.17) is 11.6 Å². The van der Waals surface area contributed by atoms with E-state index in [-0.39, 0.29) is 18.0 Å². The van der Waals surface area contributed by atoms with E-state index in [0.29, 0.717) is 12.6 Å². The van der Waals surface area contributed by atoms with Gasteiger partial charge in [0.15, 0.2) is 0 Å². The summed E-state index contributed by atoms with van der Waals surface area (Å²) in [5, 5.41) is 0. The van der Waals surface area contributed by atoms with E-state index in [9.17, 15) is 13.6 Å². The van der Waals surface area contributed by atoms with Gasteiger partial charge in [-0.3, -0.25) is 4.79 Å². The number of rotatable bonds is 5. The SMILES string of the molecule is O=C(c1ccc(F)cc1F)N(CCCl)Cc1ccccc1. The van der Waals surface area contributed by atoms with Crippen LogP contribution in [0.15, 0.2) is 48.5 Å². The van der Waals surface area contributed by atoms with E-state index >= 15 is 0 Å². The zero-order valence-corrected chi connectivity index (χ0v) is 12.0. The first-order valence-corrected chi connectivity index (χ1v) is 6.99. The highest BCUT2D eigenvalue weighted by atomic mass is 35.5. The maximum atomic E-state index is 13.7. The van der Waals surface area contributed by atoms with Gasteiger partial charge in [-0.1, -0.05) is 30.3 Å². The van der Waals surface area contributed by atoms with Gasteiger partial charge in [0.05, 0.1) is 5.56 Å². The van der Waals surface area contributed by atoms with Crippen LogP contribution in [0.2, 0.25) is 0 Å². The molecule has 0 saturated carbocycles. The zero-order chi connectivity index (χ0) is 15.2. The molecule has 2 aromatic rings. The summed E-state index contributed by atoms with van der Waals surface area (Å²) in [7, 11) is 0. The maximum Gasteiger partial charge on any atom is 0.257 e. The van der Waals surface area contributed by atoms with Crippen molar-refractivity contribution in [2.45, 2.75) is 6.54 Å². The molecular weight excluding hydrogens is 296 g/mol. The van der Waals surface area contributed by atoms with Crippen LogP contribution in [0.5, 0.6) is 0 Å². The molecule has 0 heterocycles. The Morgan fingerprint density at radius 3 is 2.43 bits per heavy atom. The summed E-state index contributed by atoms with van der Waals surface area (Å²) in [4.78, 5) is 13.8. The average Bonchev–Trinajstić information content (AvgIpc) is 2.47. The third kappa shape index (κ3) is 4.02. The number of amides is 1. The van der Waals surface area contributed by atoms with Crippen molar-refractivity contribution in [1.82, 2.24) is 4.90 Å². The van der Waals surface area contributed by atoms with Crippen LogP contribution < -0.4 is 0 Å². The fourth-order valence-electron chi connectivity index (χ4n) is 1.99. The predicted molar refractivity (Wildman–Crippen MR) is 78.3 cm³/mol. The van der Waals surface area contributed by atoms with Gasteiger partial charge in [-0.25, -0.2) is 8.78 Å². The Hall–Kier alpha value is -1.94. The molecule has 0 aliphatic rings. The monoisotopic (exact) mass is 309 g/mol. The van der Waals surface area contributed by atoms with Gasteiger partial charge in [-0.05, 0) is 17.7 Å². The van der Waals surface area contributed by atoms with Gasteiger partial charge in [0, 0.05) is 25.0 Å². The molecule has 0 atom stereocenters. The number of benzene rings is 2. The number of hydrogen-bond donors (Lipinski definition) is 0. The van der Waals surface area contributed by atoms with E-state index in [1.165, 1.54) is 4.90 Å². The second-order valence-electron chi connectivity index (χ2n) is 4.53. The molecule has 0 aliphatic carbocycles. The third-order valence-corrected chi connectivity index (χ3v) is 3.19. The van der Waals surface area contributed by atoms with Crippen LogP contribution in [0.25, 0.3) is 0 Å². The number of carbonyl (C=O) groups excluding carboxylic acids is 1. The fourth-order valence-corrected chi connectivity index (χ4v) is 2.20. The van der Waals surface area contributed by atoms with Crippen molar-refractivity contribution in [3.8, 4) is 0 Å². The predicted octanol–water partition coefficient (Wildman–Crippen LogP) is 3.85. The lowest BCUT2D eigenvalue weighted by Gasteiger charge is -2.22.